The minimum Gasteiger partial charge on any atom is -0.309 e. The standard InChI is InChI=1S/C16H27NO2S/c1-5-13(3)11-20(18,19)12-16(17-6-2)15-9-7-8-14(4)10-15/h7-10,13,16-17H,5-6,11-12H2,1-4H3. The van der Waals surface area contributed by atoms with Gasteiger partial charge in [-0.15, -0.1) is 0 Å². The van der Waals surface area contributed by atoms with Crippen LogP contribution in [0.1, 0.15) is 44.4 Å². The molecule has 1 aromatic rings. The van der Waals surface area contributed by atoms with Crippen molar-refractivity contribution in [2.24, 2.45) is 5.92 Å². The number of nitrogens with one attached hydrogen (secondary N) is 1. The Morgan fingerprint density at radius 3 is 2.45 bits per heavy atom. The van der Waals surface area contributed by atoms with E-state index >= 15 is 0 Å². The SMILES string of the molecule is CCNC(CS(=O)(=O)CC(C)CC)c1cccc(C)c1. The molecule has 0 saturated heterocycles. The van der Waals surface area contributed by atoms with Crippen LogP contribution in [-0.2, 0) is 9.84 Å². The molecule has 0 aliphatic carbocycles. The van der Waals surface area contributed by atoms with Gasteiger partial charge in [0.25, 0.3) is 0 Å². The van der Waals surface area contributed by atoms with E-state index in [-0.39, 0.29) is 23.5 Å². The second-order valence-electron chi connectivity index (χ2n) is 5.61. The minimum absolute atomic E-state index is 0.117. The maximum absolute atomic E-state index is 12.3. The van der Waals surface area contributed by atoms with Gasteiger partial charge in [0.15, 0.2) is 9.84 Å². The van der Waals surface area contributed by atoms with Crippen LogP contribution < -0.4 is 5.32 Å². The fraction of sp³-hybridized carbons (Fsp3) is 0.625. The van der Waals surface area contributed by atoms with Crippen molar-refractivity contribution in [3.63, 3.8) is 0 Å². The van der Waals surface area contributed by atoms with E-state index in [4.69, 9.17) is 0 Å². The first kappa shape index (κ1) is 17.2. The highest BCUT2D eigenvalue weighted by atomic mass is 32.2. The van der Waals surface area contributed by atoms with Crippen LogP contribution in [0.15, 0.2) is 24.3 Å². The topological polar surface area (TPSA) is 46.2 Å². The molecule has 0 aromatic heterocycles. The first-order valence-corrected chi connectivity index (χ1v) is 9.20. The summed E-state index contributed by atoms with van der Waals surface area (Å²) in [5.74, 6) is 0.672. The summed E-state index contributed by atoms with van der Waals surface area (Å²) in [4.78, 5) is 0. The average Bonchev–Trinajstić information content (AvgIpc) is 2.37. The Hall–Kier alpha value is -0.870. The molecule has 0 heterocycles. The van der Waals surface area contributed by atoms with Crippen LogP contribution in [-0.4, -0.2) is 26.5 Å². The van der Waals surface area contributed by atoms with Gasteiger partial charge in [-0.1, -0.05) is 57.0 Å². The molecule has 0 aliphatic heterocycles. The van der Waals surface area contributed by atoms with Crippen LogP contribution in [0, 0.1) is 12.8 Å². The van der Waals surface area contributed by atoms with Crippen molar-refractivity contribution in [3.05, 3.63) is 35.4 Å². The quantitative estimate of drug-likeness (QED) is 0.802. The van der Waals surface area contributed by atoms with Gasteiger partial charge in [-0.25, -0.2) is 8.42 Å². The first-order chi connectivity index (χ1) is 9.38. The molecule has 2 atom stereocenters. The predicted octanol–water partition coefficient (Wildman–Crippen LogP) is 3.11. The molecule has 1 aromatic carbocycles. The van der Waals surface area contributed by atoms with Crippen molar-refractivity contribution in [2.75, 3.05) is 18.1 Å². The fourth-order valence-corrected chi connectivity index (χ4v) is 4.34. The number of aryl methyl sites for hydroxylation is 1. The number of benzene rings is 1. The van der Waals surface area contributed by atoms with Crippen molar-refractivity contribution >= 4 is 9.84 Å². The van der Waals surface area contributed by atoms with E-state index < -0.39 is 9.84 Å². The van der Waals surface area contributed by atoms with Crippen LogP contribution in [0.2, 0.25) is 0 Å². The molecule has 3 nitrogen and oxygen atoms in total. The fourth-order valence-electron chi connectivity index (χ4n) is 2.28. The molecule has 0 saturated carbocycles. The average molecular weight is 297 g/mol. The van der Waals surface area contributed by atoms with Gasteiger partial charge >= 0.3 is 0 Å². The molecule has 0 amide bonds. The van der Waals surface area contributed by atoms with Crippen LogP contribution in [0.3, 0.4) is 0 Å². The highest BCUT2D eigenvalue weighted by molar-refractivity contribution is 7.91. The third-order valence-corrected chi connectivity index (χ3v) is 5.47. The largest absolute Gasteiger partial charge is 0.309 e. The van der Waals surface area contributed by atoms with E-state index in [9.17, 15) is 8.42 Å². The Kier molecular flexibility index (Phi) is 6.69. The van der Waals surface area contributed by atoms with Gasteiger partial charge in [-0.05, 0) is 24.9 Å². The van der Waals surface area contributed by atoms with Crippen molar-refractivity contribution in [1.29, 1.82) is 0 Å². The Balaban J connectivity index is 2.87. The van der Waals surface area contributed by atoms with Crippen molar-refractivity contribution in [2.45, 2.75) is 40.2 Å². The summed E-state index contributed by atoms with van der Waals surface area (Å²) in [5.41, 5.74) is 2.21. The summed E-state index contributed by atoms with van der Waals surface area (Å²) in [7, 11) is -3.04. The van der Waals surface area contributed by atoms with Gasteiger partial charge in [-0.2, -0.15) is 0 Å². The lowest BCUT2D eigenvalue weighted by Crippen LogP contribution is -2.30. The van der Waals surface area contributed by atoms with Gasteiger partial charge in [0.1, 0.15) is 0 Å². The second-order valence-corrected chi connectivity index (χ2v) is 7.77. The molecule has 114 valence electrons. The van der Waals surface area contributed by atoms with Crippen molar-refractivity contribution in [1.82, 2.24) is 5.32 Å². The second kappa shape index (κ2) is 7.79. The number of hydrogen-bond donors (Lipinski definition) is 1. The van der Waals surface area contributed by atoms with Crippen LogP contribution >= 0.6 is 0 Å². The van der Waals surface area contributed by atoms with Crippen LogP contribution in [0.4, 0.5) is 0 Å². The summed E-state index contributed by atoms with van der Waals surface area (Å²) in [5, 5.41) is 3.29. The van der Waals surface area contributed by atoms with Gasteiger partial charge < -0.3 is 5.32 Å². The zero-order chi connectivity index (χ0) is 15.2. The molecule has 0 aliphatic rings. The van der Waals surface area contributed by atoms with E-state index in [0.717, 1.165) is 24.1 Å². The summed E-state index contributed by atoms with van der Waals surface area (Å²) < 4.78 is 24.6. The van der Waals surface area contributed by atoms with E-state index in [1.54, 1.807) is 0 Å². The molecule has 1 rings (SSSR count). The van der Waals surface area contributed by atoms with Gasteiger partial charge in [-0.3, -0.25) is 0 Å². The van der Waals surface area contributed by atoms with E-state index in [1.807, 2.05) is 45.9 Å². The van der Waals surface area contributed by atoms with Crippen LogP contribution in [0.25, 0.3) is 0 Å². The molecule has 1 N–H and O–H groups in total. The minimum atomic E-state index is -3.04. The Morgan fingerprint density at radius 2 is 1.90 bits per heavy atom. The number of rotatable bonds is 8. The lowest BCUT2D eigenvalue weighted by atomic mass is 10.1. The lowest BCUT2D eigenvalue weighted by Gasteiger charge is -2.20. The first-order valence-electron chi connectivity index (χ1n) is 7.38. The van der Waals surface area contributed by atoms with E-state index in [2.05, 4.69) is 11.4 Å². The molecule has 0 fully saturated rings. The smallest absolute Gasteiger partial charge is 0.152 e. The molecule has 2 unspecified atom stereocenters. The Bertz CT molecular complexity index is 511. The molecular weight excluding hydrogens is 270 g/mol. The summed E-state index contributed by atoms with van der Waals surface area (Å²) in [6, 6.07) is 7.95. The third kappa shape index (κ3) is 5.63. The predicted molar refractivity (Wildman–Crippen MR) is 85.7 cm³/mol. The molecule has 0 bridgehead atoms. The van der Waals surface area contributed by atoms with Crippen LogP contribution in [0.5, 0.6) is 0 Å². The summed E-state index contributed by atoms with van der Waals surface area (Å²) in [6.45, 7) is 8.82. The Morgan fingerprint density at radius 1 is 1.20 bits per heavy atom. The van der Waals surface area contributed by atoms with E-state index in [0.29, 0.717) is 0 Å². The number of sulfone groups is 1. The highest BCUT2D eigenvalue weighted by Gasteiger charge is 2.22. The lowest BCUT2D eigenvalue weighted by molar-refractivity contribution is 0.541. The summed E-state index contributed by atoms with van der Waals surface area (Å²) >= 11 is 0. The molecule has 20 heavy (non-hydrogen) atoms. The zero-order valence-corrected chi connectivity index (χ0v) is 13.8. The van der Waals surface area contributed by atoms with Crippen molar-refractivity contribution in [3.8, 4) is 0 Å². The molecule has 0 radical (unpaired) electrons. The maximum Gasteiger partial charge on any atom is 0.152 e. The monoisotopic (exact) mass is 297 g/mol. The highest BCUT2D eigenvalue weighted by Crippen LogP contribution is 2.18. The normalized spacial score (nSPS) is 15.0. The third-order valence-electron chi connectivity index (χ3n) is 3.55. The van der Waals surface area contributed by atoms with E-state index in [1.165, 1.54) is 0 Å². The molecule has 4 heteroatoms. The van der Waals surface area contributed by atoms with Gasteiger partial charge in [0.05, 0.1) is 11.5 Å². The maximum atomic E-state index is 12.3. The summed E-state index contributed by atoms with van der Waals surface area (Å²) in [6.07, 6.45) is 0.898. The number of hydrogen-bond acceptors (Lipinski definition) is 3. The molecular formula is C16H27NO2S. The Labute approximate surface area is 123 Å². The van der Waals surface area contributed by atoms with Crippen molar-refractivity contribution < 1.29 is 8.42 Å². The van der Waals surface area contributed by atoms with Gasteiger partial charge in [0.2, 0.25) is 0 Å². The van der Waals surface area contributed by atoms with Gasteiger partial charge in [0, 0.05) is 6.04 Å². The molecule has 0 spiro atoms. The zero-order valence-electron chi connectivity index (χ0n) is 13.0.